The molecule has 112 valence electrons. The number of nitrogens with one attached hydrogen (secondary N) is 1. The molecule has 1 saturated heterocycles. The second kappa shape index (κ2) is 5.89. The molecule has 0 aliphatic carbocycles. The van der Waals surface area contributed by atoms with Crippen LogP contribution in [-0.2, 0) is 9.59 Å². The Bertz CT molecular complexity index is 700. The van der Waals surface area contributed by atoms with Gasteiger partial charge in [-0.2, -0.15) is 0 Å². The van der Waals surface area contributed by atoms with E-state index in [1.165, 1.54) is 4.90 Å². The molecule has 3 rings (SSSR count). The molecule has 0 bridgehead atoms. The number of para-hydroxylation sites is 1. The predicted molar refractivity (Wildman–Crippen MR) is 84.0 cm³/mol. The Morgan fingerprint density at radius 1 is 1.09 bits per heavy atom. The van der Waals surface area contributed by atoms with Gasteiger partial charge in [0.05, 0.1) is 19.2 Å². The standard InChI is InChI=1S/C17H16N2O3/c1-22-14-9-5-6-12(10-14)18-15-11-16(20)19(17(15)21)13-7-3-2-4-8-13/h2-10,15,18H,11H2,1H3/t15-/m0/s1. The highest BCUT2D eigenvalue weighted by molar-refractivity contribution is 6.23. The molecule has 0 saturated carbocycles. The molecule has 2 amide bonds. The summed E-state index contributed by atoms with van der Waals surface area (Å²) in [6.07, 6.45) is 0.144. The molecule has 1 atom stereocenters. The lowest BCUT2D eigenvalue weighted by molar-refractivity contribution is -0.121. The number of carbonyl (C=O) groups is 2. The average molecular weight is 296 g/mol. The third-order valence-corrected chi connectivity index (χ3v) is 3.57. The zero-order valence-electron chi connectivity index (χ0n) is 12.2. The molecule has 1 fully saturated rings. The summed E-state index contributed by atoms with van der Waals surface area (Å²) in [4.78, 5) is 25.9. The first-order chi connectivity index (χ1) is 10.7. The van der Waals surface area contributed by atoms with Crippen molar-refractivity contribution >= 4 is 23.2 Å². The van der Waals surface area contributed by atoms with E-state index in [1.54, 1.807) is 37.4 Å². The highest BCUT2D eigenvalue weighted by atomic mass is 16.5. The molecule has 0 unspecified atom stereocenters. The number of nitrogens with zero attached hydrogens (tertiary/aromatic N) is 1. The summed E-state index contributed by atoms with van der Waals surface area (Å²) in [7, 11) is 1.58. The van der Waals surface area contributed by atoms with Crippen LogP contribution in [0.1, 0.15) is 6.42 Å². The van der Waals surface area contributed by atoms with Crippen molar-refractivity contribution in [2.45, 2.75) is 12.5 Å². The van der Waals surface area contributed by atoms with Crippen LogP contribution in [0.25, 0.3) is 0 Å². The SMILES string of the molecule is COc1cccc(N[C@H]2CC(=O)N(c3ccccc3)C2=O)c1. The molecule has 22 heavy (non-hydrogen) atoms. The molecule has 0 aromatic heterocycles. The molecular weight excluding hydrogens is 280 g/mol. The molecule has 1 aliphatic heterocycles. The van der Waals surface area contributed by atoms with Gasteiger partial charge in [0.2, 0.25) is 5.91 Å². The van der Waals surface area contributed by atoms with E-state index in [9.17, 15) is 9.59 Å². The van der Waals surface area contributed by atoms with Gasteiger partial charge in [0.25, 0.3) is 5.91 Å². The highest BCUT2D eigenvalue weighted by Crippen LogP contribution is 2.25. The normalized spacial score (nSPS) is 17.7. The Hall–Kier alpha value is -2.82. The van der Waals surface area contributed by atoms with Gasteiger partial charge in [-0.15, -0.1) is 0 Å². The summed E-state index contributed by atoms with van der Waals surface area (Å²) in [5.74, 6) is 0.261. The van der Waals surface area contributed by atoms with Gasteiger partial charge < -0.3 is 10.1 Å². The summed E-state index contributed by atoms with van der Waals surface area (Å²) in [5, 5.41) is 3.10. The van der Waals surface area contributed by atoms with Crippen LogP contribution in [-0.4, -0.2) is 25.0 Å². The van der Waals surface area contributed by atoms with Crippen LogP contribution in [0.3, 0.4) is 0 Å². The lowest BCUT2D eigenvalue weighted by Gasteiger charge is -2.16. The van der Waals surface area contributed by atoms with E-state index in [0.717, 1.165) is 5.69 Å². The van der Waals surface area contributed by atoms with Crippen molar-refractivity contribution in [3.05, 3.63) is 54.6 Å². The zero-order chi connectivity index (χ0) is 15.5. The fourth-order valence-corrected chi connectivity index (χ4v) is 2.51. The first-order valence-electron chi connectivity index (χ1n) is 7.01. The van der Waals surface area contributed by atoms with Gasteiger partial charge in [0.15, 0.2) is 0 Å². The number of rotatable bonds is 4. The van der Waals surface area contributed by atoms with Crippen LogP contribution in [0.15, 0.2) is 54.6 Å². The highest BCUT2D eigenvalue weighted by Gasteiger charge is 2.39. The number of carbonyl (C=O) groups excluding carboxylic acids is 2. The van der Waals surface area contributed by atoms with Crippen LogP contribution in [0.5, 0.6) is 5.75 Å². The Morgan fingerprint density at radius 2 is 1.86 bits per heavy atom. The minimum absolute atomic E-state index is 0.144. The van der Waals surface area contributed by atoms with Crippen LogP contribution >= 0.6 is 0 Å². The Kier molecular flexibility index (Phi) is 3.78. The maximum absolute atomic E-state index is 12.5. The van der Waals surface area contributed by atoms with E-state index in [-0.39, 0.29) is 18.2 Å². The minimum atomic E-state index is -0.556. The maximum Gasteiger partial charge on any atom is 0.256 e. The molecule has 5 heteroatoms. The largest absolute Gasteiger partial charge is 0.497 e. The summed E-state index contributed by atoms with van der Waals surface area (Å²) in [6, 6.07) is 15.7. The maximum atomic E-state index is 12.5. The molecule has 2 aromatic rings. The monoisotopic (exact) mass is 296 g/mol. The van der Waals surface area contributed by atoms with Gasteiger partial charge in [0.1, 0.15) is 11.8 Å². The topological polar surface area (TPSA) is 58.6 Å². The number of anilines is 2. The Balaban J connectivity index is 1.79. The van der Waals surface area contributed by atoms with Crippen LogP contribution in [0, 0.1) is 0 Å². The van der Waals surface area contributed by atoms with Gasteiger partial charge in [0, 0.05) is 11.8 Å². The van der Waals surface area contributed by atoms with Gasteiger partial charge in [-0.3, -0.25) is 9.59 Å². The molecule has 1 heterocycles. The molecule has 0 radical (unpaired) electrons. The van der Waals surface area contributed by atoms with Crippen molar-refractivity contribution in [1.82, 2.24) is 0 Å². The number of hydrogen-bond donors (Lipinski definition) is 1. The molecule has 2 aromatic carbocycles. The molecule has 1 N–H and O–H groups in total. The lowest BCUT2D eigenvalue weighted by atomic mass is 10.2. The van der Waals surface area contributed by atoms with Gasteiger partial charge in [-0.1, -0.05) is 24.3 Å². The number of methoxy groups -OCH3 is 1. The lowest BCUT2D eigenvalue weighted by Crippen LogP contribution is -2.34. The van der Waals surface area contributed by atoms with Crippen molar-refractivity contribution in [3.8, 4) is 5.75 Å². The van der Waals surface area contributed by atoms with Crippen LogP contribution in [0.2, 0.25) is 0 Å². The van der Waals surface area contributed by atoms with Crippen molar-refractivity contribution in [3.63, 3.8) is 0 Å². The van der Waals surface area contributed by atoms with Crippen molar-refractivity contribution < 1.29 is 14.3 Å². The number of hydrogen-bond acceptors (Lipinski definition) is 4. The predicted octanol–water partition coefficient (Wildman–Crippen LogP) is 2.44. The number of ether oxygens (including phenoxy) is 1. The second-order valence-electron chi connectivity index (χ2n) is 5.04. The van der Waals surface area contributed by atoms with E-state index in [0.29, 0.717) is 11.4 Å². The fraction of sp³-hybridized carbons (Fsp3) is 0.176. The van der Waals surface area contributed by atoms with Crippen LogP contribution < -0.4 is 15.0 Å². The van der Waals surface area contributed by atoms with Crippen molar-refractivity contribution in [1.29, 1.82) is 0 Å². The first-order valence-corrected chi connectivity index (χ1v) is 7.01. The molecule has 5 nitrogen and oxygen atoms in total. The van der Waals surface area contributed by atoms with E-state index in [2.05, 4.69) is 5.32 Å². The smallest absolute Gasteiger partial charge is 0.256 e. The number of benzene rings is 2. The third kappa shape index (κ3) is 2.65. The van der Waals surface area contributed by atoms with Crippen molar-refractivity contribution in [2.75, 3.05) is 17.3 Å². The summed E-state index contributed by atoms with van der Waals surface area (Å²) >= 11 is 0. The van der Waals surface area contributed by atoms with Gasteiger partial charge in [-0.25, -0.2) is 4.90 Å². The Labute approximate surface area is 128 Å². The second-order valence-corrected chi connectivity index (χ2v) is 5.04. The number of imide groups is 1. The molecule has 1 aliphatic rings. The van der Waals surface area contributed by atoms with E-state index >= 15 is 0 Å². The molecule has 0 spiro atoms. The van der Waals surface area contributed by atoms with E-state index < -0.39 is 6.04 Å². The molecular formula is C17H16N2O3. The summed E-state index contributed by atoms with van der Waals surface area (Å²) < 4.78 is 5.16. The quantitative estimate of drug-likeness (QED) is 0.880. The number of amides is 2. The third-order valence-electron chi connectivity index (χ3n) is 3.57. The van der Waals surface area contributed by atoms with E-state index in [1.807, 2.05) is 24.3 Å². The van der Waals surface area contributed by atoms with Gasteiger partial charge in [-0.05, 0) is 24.3 Å². The summed E-state index contributed by atoms with van der Waals surface area (Å²) in [6.45, 7) is 0. The van der Waals surface area contributed by atoms with Gasteiger partial charge >= 0.3 is 0 Å². The van der Waals surface area contributed by atoms with E-state index in [4.69, 9.17) is 4.74 Å². The first kappa shape index (κ1) is 14.1. The van der Waals surface area contributed by atoms with Crippen molar-refractivity contribution in [2.24, 2.45) is 0 Å². The fourth-order valence-electron chi connectivity index (χ4n) is 2.51. The Morgan fingerprint density at radius 3 is 2.59 bits per heavy atom. The summed E-state index contributed by atoms with van der Waals surface area (Å²) in [5.41, 5.74) is 1.35. The minimum Gasteiger partial charge on any atom is -0.497 e. The average Bonchev–Trinajstić information content (AvgIpc) is 2.82. The van der Waals surface area contributed by atoms with Crippen LogP contribution in [0.4, 0.5) is 11.4 Å². The zero-order valence-corrected chi connectivity index (χ0v) is 12.2.